The molecule has 1 atom stereocenters. The summed E-state index contributed by atoms with van der Waals surface area (Å²) in [5, 5.41) is 12.2. The molecule has 0 fully saturated rings. The van der Waals surface area contributed by atoms with Gasteiger partial charge in [-0.25, -0.2) is 0 Å². The second-order valence-corrected chi connectivity index (χ2v) is 11.9. The SMILES string of the molecule is C[Si](C)(c1cccc(-c2ccccc2)c1O)C1C=Cc2ccccc21. The Morgan fingerprint density at radius 2 is 1.52 bits per heavy atom. The Morgan fingerprint density at radius 1 is 0.800 bits per heavy atom. The predicted molar refractivity (Wildman–Crippen MR) is 109 cm³/mol. The highest BCUT2D eigenvalue weighted by molar-refractivity contribution is 6.92. The molecule has 0 saturated carbocycles. The third kappa shape index (κ3) is 2.63. The van der Waals surface area contributed by atoms with Crippen LogP contribution in [0.3, 0.4) is 0 Å². The highest BCUT2D eigenvalue weighted by Crippen LogP contribution is 2.39. The summed E-state index contributed by atoms with van der Waals surface area (Å²) < 4.78 is 0. The van der Waals surface area contributed by atoms with E-state index in [1.54, 1.807) is 0 Å². The zero-order chi connectivity index (χ0) is 17.4. The molecule has 1 nitrogen and oxygen atoms in total. The Bertz CT molecular complexity index is 941. The summed E-state index contributed by atoms with van der Waals surface area (Å²) in [6.45, 7) is 4.71. The quantitative estimate of drug-likeness (QED) is 0.638. The van der Waals surface area contributed by atoms with E-state index in [0.717, 1.165) is 16.3 Å². The predicted octanol–water partition coefficient (Wildman–Crippen LogP) is 5.32. The van der Waals surface area contributed by atoms with E-state index in [1.165, 1.54) is 11.1 Å². The minimum atomic E-state index is -1.94. The van der Waals surface area contributed by atoms with Crippen LogP contribution in [0.5, 0.6) is 5.75 Å². The van der Waals surface area contributed by atoms with Crippen LogP contribution in [0.1, 0.15) is 16.7 Å². The first-order valence-electron chi connectivity index (χ1n) is 8.74. The zero-order valence-corrected chi connectivity index (χ0v) is 15.6. The monoisotopic (exact) mass is 342 g/mol. The van der Waals surface area contributed by atoms with Crippen molar-refractivity contribution in [2.45, 2.75) is 18.6 Å². The summed E-state index contributed by atoms with van der Waals surface area (Å²) in [5.41, 5.74) is 5.08. The van der Waals surface area contributed by atoms with Gasteiger partial charge in [0.05, 0.1) is 8.07 Å². The van der Waals surface area contributed by atoms with Gasteiger partial charge in [-0.3, -0.25) is 0 Å². The number of benzene rings is 3. The molecule has 1 N–H and O–H groups in total. The summed E-state index contributed by atoms with van der Waals surface area (Å²) >= 11 is 0. The van der Waals surface area contributed by atoms with Crippen LogP contribution in [0.15, 0.2) is 78.9 Å². The van der Waals surface area contributed by atoms with Gasteiger partial charge in [0.1, 0.15) is 5.75 Å². The highest BCUT2D eigenvalue weighted by atomic mass is 28.3. The maximum absolute atomic E-state index is 11.1. The summed E-state index contributed by atoms with van der Waals surface area (Å²) in [4.78, 5) is 0. The molecule has 1 aliphatic rings. The second kappa shape index (κ2) is 6.05. The first kappa shape index (κ1) is 15.9. The van der Waals surface area contributed by atoms with Crippen LogP contribution >= 0.6 is 0 Å². The fourth-order valence-electron chi connectivity index (χ4n) is 3.96. The first-order valence-corrected chi connectivity index (χ1v) is 11.8. The van der Waals surface area contributed by atoms with Gasteiger partial charge in [0, 0.05) is 11.1 Å². The Kier molecular flexibility index (Phi) is 3.85. The van der Waals surface area contributed by atoms with Crippen molar-refractivity contribution in [2.24, 2.45) is 0 Å². The number of para-hydroxylation sites is 1. The standard InChI is InChI=1S/C23H22OSi/c1-25(2,21-16-15-18-11-6-7-12-19(18)21)22-14-8-13-20(23(22)24)17-9-4-3-5-10-17/h3-16,21,24H,1-2H3. The fourth-order valence-corrected chi connectivity index (χ4v) is 7.18. The molecular weight excluding hydrogens is 320 g/mol. The third-order valence-electron chi connectivity index (χ3n) is 5.39. The molecule has 2 heteroatoms. The van der Waals surface area contributed by atoms with Crippen molar-refractivity contribution in [2.75, 3.05) is 0 Å². The molecule has 124 valence electrons. The number of rotatable bonds is 3. The lowest BCUT2D eigenvalue weighted by atomic mass is 10.1. The summed E-state index contributed by atoms with van der Waals surface area (Å²) in [6, 6.07) is 25.0. The summed E-state index contributed by atoms with van der Waals surface area (Å²) in [6.07, 6.45) is 4.55. The number of phenols is 1. The van der Waals surface area contributed by atoms with Gasteiger partial charge in [-0.05, 0) is 21.9 Å². The Morgan fingerprint density at radius 3 is 2.32 bits per heavy atom. The molecule has 0 heterocycles. The molecule has 3 aromatic rings. The normalized spacial score (nSPS) is 16.0. The molecule has 1 unspecified atom stereocenters. The molecule has 0 saturated heterocycles. The van der Waals surface area contributed by atoms with E-state index in [0.29, 0.717) is 11.3 Å². The van der Waals surface area contributed by atoms with Gasteiger partial charge in [0.15, 0.2) is 0 Å². The molecule has 0 amide bonds. The van der Waals surface area contributed by atoms with Crippen molar-refractivity contribution in [3.63, 3.8) is 0 Å². The smallest absolute Gasteiger partial charge is 0.122 e. The third-order valence-corrected chi connectivity index (χ3v) is 9.24. The van der Waals surface area contributed by atoms with Gasteiger partial charge < -0.3 is 5.11 Å². The zero-order valence-electron chi connectivity index (χ0n) is 14.6. The van der Waals surface area contributed by atoms with Crippen molar-refractivity contribution in [1.82, 2.24) is 0 Å². The first-order chi connectivity index (χ1) is 12.1. The largest absolute Gasteiger partial charge is 0.507 e. The second-order valence-electron chi connectivity index (χ2n) is 7.26. The van der Waals surface area contributed by atoms with Crippen LogP contribution in [0, 0.1) is 0 Å². The van der Waals surface area contributed by atoms with E-state index in [9.17, 15) is 5.11 Å². The van der Waals surface area contributed by atoms with Gasteiger partial charge in [0.25, 0.3) is 0 Å². The van der Waals surface area contributed by atoms with E-state index in [-0.39, 0.29) is 0 Å². The highest BCUT2D eigenvalue weighted by Gasteiger charge is 2.38. The Hall–Kier alpha value is -2.58. The number of fused-ring (bicyclic) bond motifs is 1. The van der Waals surface area contributed by atoms with Gasteiger partial charge in [0.2, 0.25) is 0 Å². The van der Waals surface area contributed by atoms with Crippen LogP contribution in [0.25, 0.3) is 17.2 Å². The molecule has 0 bridgehead atoms. The van der Waals surface area contributed by atoms with E-state index in [1.807, 2.05) is 24.3 Å². The molecule has 0 radical (unpaired) electrons. The van der Waals surface area contributed by atoms with Crippen LogP contribution < -0.4 is 5.19 Å². The van der Waals surface area contributed by atoms with Crippen LogP contribution in [-0.2, 0) is 0 Å². The van der Waals surface area contributed by atoms with Gasteiger partial charge in [-0.15, -0.1) is 0 Å². The fraction of sp³-hybridized carbons (Fsp3) is 0.130. The van der Waals surface area contributed by atoms with E-state index in [2.05, 4.69) is 73.8 Å². The van der Waals surface area contributed by atoms with E-state index < -0.39 is 8.07 Å². The van der Waals surface area contributed by atoms with Crippen molar-refractivity contribution >= 4 is 19.3 Å². The minimum absolute atomic E-state index is 0.389. The number of aromatic hydroxyl groups is 1. The van der Waals surface area contributed by atoms with Gasteiger partial charge in [-0.2, -0.15) is 0 Å². The minimum Gasteiger partial charge on any atom is -0.507 e. The maximum atomic E-state index is 11.1. The van der Waals surface area contributed by atoms with Gasteiger partial charge >= 0.3 is 0 Å². The molecule has 0 aliphatic heterocycles. The molecule has 4 rings (SSSR count). The van der Waals surface area contributed by atoms with Crippen molar-refractivity contribution in [3.8, 4) is 16.9 Å². The van der Waals surface area contributed by atoms with Crippen molar-refractivity contribution in [3.05, 3.63) is 90.0 Å². The average molecular weight is 343 g/mol. The van der Waals surface area contributed by atoms with Crippen LogP contribution in [-0.4, -0.2) is 13.2 Å². The maximum Gasteiger partial charge on any atom is 0.122 e. The molecule has 0 spiro atoms. The Balaban J connectivity index is 1.81. The Labute approximate surface area is 150 Å². The van der Waals surface area contributed by atoms with E-state index in [4.69, 9.17) is 0 Å². The molecule has 25 heavy (non-hydrogen) atoms. The average Bonchev–Trinajstić information content (AvgIpc) is 3.07. The topological polar surface area (TPSA) is 20.2 Å². The lowest BCUT2D eigenvalue weighted by molar-refractivity contribution is 0.481. The molecule has 3 aromatic carbocycles. The number of hydrogen-bond acceptors (Lipinski definition) is 1. The number of allylic oxidation sites excluding steroid dienone is 1. The van der Waals surface area contributed by atoms with Gasteiger partial charge in [-0.1, -0.05) is 98.0 Å². The summed E-state index contributed by atoms with van der Waals surface area (Å²) in [5.74, 6) is 0.447. The molecular formula is C23H22OSi. The van der Waals surface area contributed by atoms with Crippen molar-refractivity contribution < 1.29 is 5.11 Å². The summed E-state index contributed by atoms with van der Waals surface area (Å²) in [7, 11) is -1.94. The van der Waals surface area contributed by atoms with E-state index >= 15 is 0 Å². The lowest BCUT2D eigenvalue weighted by Crippen LogP contribution is -2.47. The number of phenolic OH excluding ortho intramolecular Hbond substituents is 1. The van der Waals surface area contributed by atoms with Crippen LogP contribution in [0.4, 0.5) is 0 Å². The lowest BCUT2D eigenvalue weighted by Gasteiger charge is -2.31. The van der Waals surface area contributed by atoms with Crippen LogP contribution in [0.2, 0.25) is 13.1 Å². The molecule has 1 aliphatic carbocycles. The molecule has 0 aromatic heterocycles. The van der Waals surface area contributed by atoms with Crippen molar-refractivity contribution in [1.29, 1.82) is 0 Å². The number of hydrogen-bond donors (Lipinski definition) is 1.